The minimum Gasteiger partial charge on any atom is -0.354 e. The van der Waals surface area contributed by atoms with E-state index in [4.69, 9.17) is 15.0 Å². The van der Waals surface area contributed by atoms with Gasteiger partial charge in [0.25, 0.3) is 0 Å². The van der Waals surface area contributed by atoms with Crippen molar-refractivity contribution in [1.29, 1.82) is 5.26 Å². The molecule has 0 saturated carbocycles. The Hall–Kier alpha value is -5.60. The minimum atomic E-state index is 0.521. The number of benzene rings is 5. The largest absolute Gasteiger partial charge is 0.354 e. The van der Waals surface area contributed by atoms with Crippen LogP contribution in [0.5, 0.6) is 0 Å². The SMILES string of the molecule is N#Cc1cc(-c2nc(-c3ccccc3)nc(-c3ccccc3)n2)cc(-c2cccc3[nH]c4ccccc4c23)c1. The molecule has 0 spiro atoms. The van der Waals surface area contributed by atoms with Crippen LogP contribution in [-0.2, 0) is 0 Å². The first kappa shape index (κ1) is 22.6. The van der Waals surface area contributed by atoms with Crippen molar-refractivity contribution in [3.63, 3.8) is 0 Å². The van der Waals surface area contributed by atoms with Gasteiger partial charge in [0.05, 0.1) is 11.6 Å². The lowest BCUT2D eigenvalue weighted by molar-refractivity contribution is 1.07. The average Bonchev–Trinajstić information content (AvgIpc) is 3.40. The molecule has 0 bridgehead atoms. The fourth-order valence-electron chi connectivity index (χ4n) is 5.06. The normalized spacial score (nSPS) is 11.1. The molecular formula is C34H21N5. The number of para-hydroxylation sites is 1. The Morgan fingerprint density at radius 1 is 0.513 bits per heavy atom. The Bertz CT molecular complexity index is 1960. The fourth-order valence-corrected chi connectivity index (χ4v) is 5.06. The highest BCUT2D eigenvalue weighted by Gasteiger charge is 2.16. The Labute approximate surface area is 225 Å². The molecule has 2 heterocycles. The first-order valence-electron chi connectivity index (χ1n) is 12.7. The van der Waals surface area contributed by atoms with Gasteiger partial charge in [0.2, 0.25) is 0 Å². The van der Waals surface area contributed by atoms with E-state index < -0.39 is 0 Å². The van der Waals surface area contributed by atoms with Gasteiger partial charge < -0.3 is 4.98 Å². The molecule has 39 heavy (non-hydrogen) atoms. The number of nitriles is 1. The number of fused-ring (bicyclic) bond motifs is 3. The zero-order valence-corrected chi connectivity index (χ0v) is 20.8. The van der Waals surface area contributed by atoms with E-state index in [1.54, 1.807) is 0 Å². The lowest BCUT2D eigenvalue weighted by Gasteiger charge is -2.11. The number of hydrogen-bond acceptors (Lipinski definition) is 4. The van der Waals surface area contributed by atoms with E-state index in [1.165, 1.54) is 0 Å². The molecule has 0 unspecified atom stereocenters. The molecule has 0 fully saturated rings. The maximum absolute atomic E-state index is 9.98. The van der Waals surface area contributed by atoms with E-state index in [1.807, 2.05) is 91.0 Å². The van der Waals surface area contributed by atoms with Gasteiger partial charge in [0, 0.05) is 38.5 Å². The van der Waals surface area contributed by atoms with Crippen molar-refractivity contribution in [2.45, 2.75) is 0 Å². The Balaban J connectivity index is 1.46. The molecule has 0 aliphatic carbocycles. The molecule has 5 aromatic carbocycles. The number of H-pyrrole nitrogens is 1. The third kappa shape index (κ3) is 4.11. The molecule has 7 rings (SSSR count). The van der Waals surface area contributed by atoms with Gasteiger partial charge in [-0.1, -0.05) is 91.0 Å². The number of nitrogens with one attached hydrogen (secondary N) is 1. The van der Waals surface area contributed by atoms with Gasteiger partial charge in [0.15, 0.2) is 17.5 Å². The topological polar surface area (TPSA) is 78.2 Å². The van der Waals surface area contributed by atoms with Crippen molar-refractivity contribution in [2.24, 2.45) is 0 Å². The maximum Gasteiger partial charge on any atom is 0.164 e. The van der Waals surface area contributed by atoms with E-state index >= 15 is 0 Å². The number of rotatable bonds is 4. The molecule has 0 saturated heterocycles. The standard InChI is InChI=1S/C34H21N5/c35-21-22-18-25(27-15-9-17-30-31(27)28-14-7-8-16-29(28)36-30)20-26(19-22)34-38-32(23-10-3-1-4-11-23)37-33(39-34)24-12-5-2-6-13-24/h1-20,36H. The predicted molar refractivity (Wildman–Crippen MR) is 156 cm³/mol. The van der Waals surface area contributed by atoms with Crippen LogP contribution in [0.1, 0.15) is 5.56 Å². The second-order valence-electron chi connectivity index (χ2n) is 9.35. The molecule has 7 aromatic rings. The van der Waals surface area contributed by atoms with E-state index in [0.717, 1.165) is 49.6 Å². The third-order valence-corrected chi connectivity index (χ3v) is 6.86. The zero-order valence-electron chi connectivity index (χ0n) is 20.8. The van der Waals surface area contributed by atoms with Crippen LogP contribution in [0.25, 0.3) is 67.1 Å². The van der Waals surface area contributed by atoms with E-state index in [2.05, 4.69) is 41.4 Å². The quantitative estimate of drug-likeness (QED) is 0.266. The van der Waals surface area contributed by atoms with Crippen molar-refractivity contribution in [3.8, 4) is 51.4 Å². The molecule has 0 radical (unpaired) electrons. The van der Waals surface area contributed by atoms with Crippen LogP contribution in [0.15, 0.2) is 121 Å². The molecule has 2 aromatic heterocycles. The summed E-state index contributed by atoms with van der Waals surface area (Å²) in [6.45, 7) is 0. The summed E-state index contributed by atoms with van der Waals surface area (Å²) in [5.74, 6) is 1.69. The Morgan fingerprint density at radius 2 is 1.08 bits per heavy atom. The predicted octanol–water partition coefficient (Wildman–Crippen LogP) is 8.05. The first-order valence-corrected chi connectivity index (χ1v) is 12.7. The highest BCUT2D eigenvalue weighted by atomic mass is 15.0. The summed E-state index contributed by atoms with van der Waals surface area (Å²) in [5.41, 5.74) is 7.22. The van der Waals surface area contributed by atoms with Crippen molar-refractivity contribution < 1.29 is 0 Å². The van der Waals surface area contributed by atoms with Crippen molar-refractivity contribution >= 4 is 21.8 Å². The summed E-state index contributed by atoms with van der Waals surface area (Å²) >= 11 is 0. The number of aromatic amines is 1. The highest BCUT2D eigenvalue weighted by molar-refractivity contribution is 6.14. The summed E-state index contributed by atoms with van der Waals surface area (Å²) in [4.78, 5) is 18.1. The maximum atomic E-state index is 9.98. The number of hydrogen-bond donors (Lipinski definition) is 1. The second kappa shape index (κ2) is 9.37. The van der Waals surface area contributed by atoms with Crippen LogP contribution >= 0.6 is 0 Å². The molecular weight excluding hydrogens is 478 g/mol. The van der Waals surface area contributed by atoms with Crippen LogP contribution in [-0.4, -0.2) is 19.9 Å². The van der Waals surface area contributed by atoms with Gasteiger partial charge in [-0.05, 0) is 41.5 Å². The molecule has 182 valence electrons. The lowest BCUT2D eigenvalue weighted by atomic mass is 9.96. The second-order valence-corrected chi connectivity index (χ2v) is 9.35. The lowest BCUT2D eigenvalue weighted by Crippen LogP contribution is -2.00. The summed E-state index contributed by atoms with van der Waals surface area (Å²) < 4.78 is 0. The van der Waals surface area contributed by atoms with Crippen LogP contribution in [0.3, 0.4) is 0 Å². The monoisotopic (exact) mass is 499 g/mol. The van der Waals surface area contributed by atoms with E-state index in [0.29, 0.717) is 23.0 Å². The first-order chi connectivity index (χ1) is 19.3. The summed E-state index contributed by atoms with van der Waals surface area (Å²) in [6.07, 6.45) is 0. The van der Waals surface area contributed by atoms with Crippen LogP contribution < -0.4 is 0 Å². The molecule has 5 heteroatoms. The van der Waals surface area contributed by atoms with Crippen molar-refractivity contribution in [2.75, 3.05) is 0 Å². The summed E-state index contributed by atoms with van der Waals surface area (Å²) in [5, 5.41) is 12.2. The van der Waals surface area contributed by atoms with Gasteiger partial charge in [-0.15, -0.1) is 0 Å². The Morgan fingerprint density at radius 3 is 1.74 bits per heavy atom. The minimum absolute atomic E-state index is 0.521. The van der Waals surface area contributed by atoms with Crippen LogP contribution in [0.2, 0.25) is 0 Å². The third-order valence-electron chi connectivity index (χ3n) is 6.86. The summed E-state index contributed by atoms with van der Waals surface area (Å²) in [6, 6.07) is 42.4. The van der Waals surface area contributed by atoms with E-state index in [9.17, 15) is 5.26 Å². The zero-order chi connectivity index (χ0) is 26.2. The van der Waals surface area contributed by atoms with E-state index in [-0.39, 0.29) is 0 Å². The molecule has 0 atom stereocenters. The van der Waals surface area contributed by atoms with Gasteiger partial charge in [-0.2, -0.15) is 5.26 Å². The van der Waals surface area contributed by atoms with Gasteiger partial charge >= 0.3 is 0 Å². The fraction of sp³-hybridized carbons (Fsp3) is 0. The average molecular weight is 500 g/mol. The smallest absolute Gasteiger partial charge is 0.164 e. The Kier molecular flexibility index (Phi) is 5.42. The van der Waals surface area contributed by atoms with Crippen LogP contribution in [0.4, 0.5) is 0 Å². The number of nitrogens with zero attached hydrogens (tertiary/aromatic N) is 4. The highest BCUT2D eigenvalue weighted by Crippen LogP contribution is 2.36. The molecule has 0 aliphatic heterocycles. The summed E-state index contributed by atoms with van der Waals surface area (Å²) in [7, 11) is 0. The van der Waals surface area contributed by atoms with Crippen molar-refractivity contribution in [3.05, 3.63) is 127 Å². The van der Waals surface area contributed by atoms with Gasteiger partial charge in [-0.25, -0.2) is 15.0 Å². The van der Waals surface area contributed by atoms with Crippen LogP contribution in [0, 0.1) is 11.3 Å². The molecule has 0 amide bonds. The molecule has 1 N–H and O–H groups in total. The number of aromatic nitrogens is 4. The van der Waals surface area contributed by atoms with Gasteiger partial charge in [-0.3, -0.25) is 0 Å². The molecule has 5 nitrogen and oxygen atoms in total. The van der Waals surface area contributed by atoms with Gasteiger partial charge in [0.1, 0.15) is 0 Å². The van der Waals surface area contributed by atoms with Crippen molar-refractivity contribution in [1.82, 2.24) is 19.9 Å². The molecule has 0 aliphatic rings.